The number of hydrogen-bond acceptors (Lipinski definition) is 3. The maximum absolute atomic E-state index is 12.2. The molecule has 20 heavy (non-hydrogen) atoms. The molecule has 0 saturated heterocycles. The lowest BCUT2D eigenvalue weighted by Crippen LogP contribution is -2.15. The molecule has 0 amide bonds. The van der Waals surface area contributed by atoms with E-state index in [4.69, 9.17) is 0 Å². The number of carbonyl (C=O) groups is 1. The van der Waals surface area contributed by atoms with Crippen LogP contribution >= 0.6 is 15.9 Å². The molecule has 0 fully saturated rings. The number of Topliss-reactive ketones (excluding diaryl/α,β-unsaturated/α-hetero) is 1. The summed E-state index contributed by atoms with van der Waals surface area (Å²) in [6, 6.07) is 7.96. The largest absolute Gasteiger partial charge is 0.289 e. The Kier molecular flexibility index (Phi) is 4.06. The van der Waals surface area contributed by atoms with Crippen LogP contribution in [0.15, 0.2) is 61.3 Å². The second-order valence-electron chi connectivity index (χ2n) is 4.36. The first kappa shape index (κ1) is 14.9. The van der Waals surface area contributed by atoms with Crippen molar-refractivity contribution in [2.45, 2.75) is 18.7 Å². The van der Waals surface area contributed by atoms with E-state index in [1.54, 1.807) is 32.0 Å². The fraction of sp³-hybridized carbons (Fsp3) is 0.143. The lowest BCUT2D eigenvalue weighted by Gasteiger charge is -2.12. The van der Waals surface area contributed by atoms with Crippen molar-refractivity contribution in [1.29, 1.82) is 0 Å². The summed E-state index contributed by atoms with van der Waals surface area (Å²) in [6.45, 7) is 3.27. The van der Waals surface area contributed by atoms with Crippen LogP contribution in [0.5, 0.6) is 0 Å². The van der Waals surface area contributed by atoms with Crippen molar-refractivity contribution in [3.63, 3.8) is 0 Å². The summed E-state index contributed by atoms with van der Waals surface area (Å²) in [4.78, 5) is 11.9. The molecule has 1 aromatic carbocycles. The topological polar surface area (TPSA) is 63.6 Å². The Balaban J connectivity index is 2.54. The summed E-state index contributed by atoms with van der Waals surface area (Å²) < 4.78 is 28.6. The SMILES string of the molecule is CC1=C/C(=N/S(=O)(=O)c2ccccc2)C(Br)=C(C)C1=O. The number of nitrogens with zero attached hydrogens (tertiary/aromatic N) is 1. The van der Waals surface area contributed by atoms with E-state index in [2.05, 4.69) is 20.3 Å². The molecule has 104 valence electrons. The van der Waals surface area contributed by atoms with E-state index in [9.17, 15) is 13.2 Å². The van der Waals surface area contributed by atoms with E-state index < -0.39 is 10.0 Å². The lowest BCUT2D eigenvalue weighted by atomic mass is 9.98. The third-order valence-electron chi connectivity index (χ3n) is 2.87. The summed E-state index contributed by atoms with van der Waals surface area (Å²) >= 11 is 3.23. The smallest absolute Gasteiger partial charge is 0.282 e. The Labute approximate surface area is 126 Å². The first-order valence-electron chi connectivity index (χ1n) is 5.82. The number of benzene rings is 1. The molecule has 0 saturated carbocycles. The van der Waals surface area contributed by atoms with Crippen molar-refractivity contribution in [3.05, 3.63) is 52.0 Å². The molecule has 0 unspecified atom stereocenters. The minimum atomic E-state index is -3.79. The first-order valence-corrected chi connectivity index (χ1v) is 8.06. The van der Waals surface area contributed by atoms with Crippen molar-refractivity contribution in [2.24, 2.45) is 4.40 Å². The van der Waals surface area contributed by atoms with Crippen LogP contribution in [0.4, 0.5) is 0 Å². The standard InChI is InChI=1S/C14H12BrNO3S/c1-9-8-12(13(15)10(2)14(9)17)16-20(18,19)11-6-4-3-5-7-11/h3-8H,1-2H3/b16-12-. The van der Waals surface area contributed by atoms with Crippen LogP contribution in [0.25, 0.3) is 0 Å². The van der Waals surface area contributed by atoms with E-state index in [0.29, 0.717) is 15.6 Å². The van der Waals surface area contributed by atoms with Gasteiger partial charge in [-0.2, -0.15) is 12.8 Å². The number of sulfonamides is 1. The zero-order valence-corrected chi connectivity index (χ0v) is 13.3. The van der Waals surface area contributed by atoms with Gasteiger partial charge in [0.25, 0.3) is 10.0 Å². The van der Waals surface area contributed by atoms with Gasteiger partial charge in [-0.1, -0.05) is 18.2 Å². The number of halogens is 1. The Morgan fingerprint density at radius 2 is 1.70 bits per heavy atom. The van der Waals surface area contributed by atoms with Gasteiger partial charge in [0.05, 0.1) is 15.1 Å². The highest BCUT2D eigenvalue weighted by Crippen LogP contribution is 2.25. The van der Waals surface area contributed by atoms with Crippen LogP contribution in [0.1, 0.15) is 13.8 Å². The van der Waals surface area contributed by atoms with Crippen LogP contribution < -0.4 is 0 Å². The van der Waals surface area contributed by atoms with Gasteiger partial charge in [0, 0.05) is 5.57 Å². The molecule has 0 aliphatic heterocycles. The van der Waals surface area contributed by atoms with Crippen LogP contribution in [-0.4, -0.2) is 19.9 Å². The summed E-state index contributed by atoms with van der Waals surface area (Å²) in [5.41, 5.74) is 1.16. The van der Waals surface area contributed by atoms with Crippen LogP contribution in [0, 0.1) is 0 Å². The highest BCUT2D eigenvalue weighted by atomic mass is 79.9. The molecule has 0 bridgehead atoms. The highest BCUT2D eigenvalue weighted by molar-refractivity contribution is 9.12. The van der Waals surface area contributed by atoms with Gasteiger partial charge in [-0.05, 0) is 53.6 Å². The van der Waals surface area contributed by atoms with Crippen LogP contribution in [0.2, 0.25) is 0 Å². The molecule has 1 aliphatic rings. The molecule has 0 aromatic heterocycles. The van der Waals surface area contributed by atoms with Crippen molar-refractivity contribution in [2.75, 3.05) is 0 Å². The Morgan fingerprint density at radius 1 is 1.10 bits per heavy atom. The maximum atomic E-state index is 12.2. The van der Waals surface area contributed by atoms with Gasteiger partial charge in [0.15, 0.2) is 5.78 Å². The third-order valence-corrected chi connectivity index (χ3v) is 5.17. The molecule has 1 aliphatic carbocycles. The zero-order chi connectivity index (χ0) is 14.9. The molecule has 0 atom stereocenters. The average molecular weight is 354 g/mol. The predicted octanol–water partition coefficient (Wildman–Crippen LogP) is 3.01. The third kappa shape index (κ3) is 2.81. The number of rotatable bonds is 2. The average Bonchev–Trinajstić information content (AvgIpc) is 2.43. The predicted molar refractivity (Wildman–Crippen MR) is 81.5 cm³/mol. The fourth-order valence-corrected chi connectivity index (χ4v) is 3.27. The van der Waals surface area contributed by atoms with Gasteiger partial charge < -0.3 is 0 Å². The second kappa shape index (κ2) is 5.46. The first-order chi connectivity index (χ1) is 9.33. The Morgan fingerprint density at radius 3 is 2.30 bits per heavy atom. The van der Waals surface area contributed by atoms with E-state index in [1.165, 1.54) is 18.2 Å². The summed E-state index contributed by atoms with van der Waals surface area (Å²) in [7, 11) is -3.79. The van der Waals surface area contributed by atoms with Gasteiger partial charge >= 0.3 is 0 Å². The Bertz CT molecular complexity index is 759. The molecule has 1 aromatic rings. The zero-order valence-electron chi connectivity index (χ0n) is 10.9. The fourth-order valence-electron chi connectivity index (χ4n) is 1.76. The number of allylic oxidation sites excluding steroid dienone is 4. The van der Waals surface area contributed by atoms with Crippen LogP contribution in [0.3, 0.4) is 0 Å². The summed E-state index contributed by atoms with van der Waals surface area (Å²) in [6.07, 6.45) is 1.47. The van der Waals surface area contributed by atoms with E-state index in [1.807, 2.05) is 0 Å². The minimum Gasteiger partial charge on any atom is -0.289 e. The van der Waals surface area contributed by atoms with E-state index >= 15 is 0 Å². The van der Waals surface area contributed by atoms with Crippen LogP contribution in [-0.2, 0) is 14.8 Å². The van der Waals surface area contributed by atoms with Gasteiger partial charge in [0.1, 0.15) is 0 Å². The van der Waals surface area contributed by atoms with Gasteiger partial charge in [-0.25, -0.2) is 0 Å². The van der Waals surface area contributed by atoms with Gasteiger partial charge in [-0.3, -0.25) is 4.79 Å². The highest BCUT2D eigenvalue weighted by Gasteiger charge is 2.22. The minimum absolute atomic E-state index is 0.118. The molecule has 0 N–H and O–H groups in total. The van der Waals surface area contributed by atoms with Crippen molar-refractivity contribution in [3.8, 4) is 0 Å². The Hall–Kier alpha value is -1.53. The lowest BCUT2D eigenvalue weighted by molar-refractivity contribution is -0.112. The van der Waals surface area contributed by atoms with Crippen molar-refractivity contribution >= 4 is 37.4 Å². The second-order valence-corrected chi connectivity index (χ2v) is 6.76. The molecule has 2 rings (SSSR count). The number of hydrogen-bond donors (Lipinski definition) is 0. The van der Waals surface area contributed by atoms with E-state index in [0.717, 1.165) is 0 Å². The molecule has 4 nitrogen and oxygen atoms in total. The molecular formula is C14H12BrNO3S. The normalized spacial score (nSPS) is 18.4. The van der Waals surface area contributed by atoms with Gasteiger partial charge in [0.2, 0.25) is 0 Å². The quantitative estimate of drug-likeness (QED) is 0.767. The monoisotopic (exact) mass is 353 g/mol. The molecular weight excluding hydrogens is 342 g/mol. The maximum Gasteiger partial charge on any atom is 0.282 e. The number of ketones is 1. The van der Waals surface area contributed by atoms with E-state index in [-0.39, 0.29) is 16.4 Å². The summed E-state index contributed by atoms with van der Waals surface area (Å²) in [5, 5.41) is 0. The molecule has 0 spiro atoms. The molecule has 0 radical (unpaired) electrons. The molecule has 0 heterocycles. The van der Waals surface area contributed by atoms with Gasteiger partial charge in [-0.15, -0.1) is 0 Å². The van der Waals surface area contributed by atoms with Crippen molar-refractivity contribution in [1.82, 2.24) is 0 Å². The molecule has 6 heteroatoms. The van der Waals surface area contributed by atoms with Crippen molar-refractivity contribution < 1.29 is 13.2 Å². The summed E-state index contributed by atoms with van der Waals surface area (Å²) in [5.74, 6) is -0.118. The number of carbonyl (C=O) groups excluding carboxylic acids is 1.